The number of aromatic hydroxyl groups is 4. The Hall–Kier alpha value is -5.13. The van der Waals surface area contributed by atoms with Crippen molar-refractivity contribution in [3.63, 3.8) is 0 Å². The van der Waals surface area contributed by atoms with Crippen molar-refractivity contribution in [2.24, 2.45) is 39.9 Å². The normalized spacial score (nSPS) is 31.2. The molecular weight excluding hydrogens is 913 g/mol. The summed E-state index contributed by atoms with van der Waals surface area (Å²) in [5, 5.41) is 42.8. The minimum Gasteiger partial charge on any atom is -0.504 e. The summed E-state index contributed by atoms with van der Waals surface area (Å²) in [4.78, 5) is 61.2. The van der Waals surface area contributed by atoms with E-state index in [9.17, 15) is 44.4 Å². The first kappa shape index (κ1) is 53.2. The summed E-state index contributed by atoms with van der Waals surface area (Å²) in [5.74, 6) is -0.842. The van der Waals surface area contributed by atoms with Crippen LogP contribution in [0.4, 0.5) is 0 Å². The smallest absolute Gasteiger partial charge is 0.317 e. The van der Waals surface area contributed by atoms with Crippen molar-refractivity contribution in [3.05, 3.63) is 68.3 Å². The minimum atomic E-state index is -0.928. The van der Waals surface area contributed by atoms with Gasteiger partial charge in [0.15, 0.2) is 23.0 Å². The lowest BCUT2D eigenvalue weighted by atomic mass is 9.47. The number of hydrogen-bond acceptors (Lipinski definition) is 12. The molecule has 2 aromatic carbocycles. The zero-order valence-corrected chi connectivity index (χ0v) is 44.9. The maximum atomic E-state index is 13.0. The summed E-state index contributed by atoms with van der Waals surface area (Å²) >= 11 is 0. The summed E-state index contributed by atoms with van der Waals surface area (Å²) in [6.07, 6.45) is 13.7. The third-order valence-electron chi connectivity index (χ3n) is 19.2. The fourth-order valence-corrected chi connectivity index (χ4v) is 15.8. The number of carbonyl (C=O) groups excluding carboxylic acids is 5. The molecule has 392 valence electrons. The summed E-state index contributed by atoms with van der Waals surface area (Å²) in [6.45, 7) is 26.0. The highest BCUT2D eigenvalue weighted by Crippen LogP contribution is 2.67. The van der Waals surface area contributed by atoms with Gasteiger partial charge in [-0.3, -0.25) is 24.0 Å². The van der Waals surface area contributed by atoms with Gasteiger partial charge in [0.2, 0.25) is 11.6 Å². The van der Waals surface area contributed by atoms with Crippen molar-refractivity contribution in [2.75, 3.05) is 0 Å². The molecule has 11 rings (SSSR count). The van der Waals surface area contributed by atoms with Gasteiger partial charge in [-0.15, -0.1) is 0 Å². The van der Waals surface area contributed by atoms with Crippen LogP contribution in [0.25, 0.3) is 0 Å². The second-order valence-corrected chi connectivity index (χ2v) is 25.5. The van der Waals surface area contributed by atoms with Gasteiger partial charge in [-0.2, -0.15) is 0 Å². The molecule has 0 unspecified atom stereocenters. The number of allylic oxidation sites excluding steroid dienone is 3. The first-order chi connectivity index (χ1) is 33.7. The molecule has 0 aromatic heterocycles. The summed E-state index contributed by atoms with van der Waals surface area (Å²) in [7, 11) is 0. The van der Waals surface area contributed by atoms with Crippen molar-refractivity contribution < 1.29 is 58.6 Å². The van der Waals surface area contributed by atoms with Crippen LogP contribution < -0.4 is 0 Å². The van der Waals surface area contributed by atoms with Crippen LogP contribution in [0.1, 0.15) is 218 Å². The molecule has 0 radical (unpaired) electrons. The molecule has 2 aliphatic heterocycles. The van der Waals surface area contributed by atoms with Crippen molar-refractivity contribution in [2.45, 2.75) is 208 Å². The van der Waals surface area contributed by atoms with E-state index in [1.165, 1.54) is 0 Å². The molecule has 4 fully saturated rings. The van der Waals surface area contributed by atoms with Crippen LogP contribution in [0.5, 0.6) is 23.0 Å². The van der Waals surface area contributed by atoms with Gasteiger partial charge in [-0.1, -0.05) is 102 Å². The van der Waals surface area contributed by atoms with Gasteiger partial charge in [-0.25, -0.2) is 0 Å². The van der Waals surface area contributed by atoms with Gasteiger partial charge in [0.25, 0.3) is 12.9 Å². The topological polar surface area (TPSA) is 194 Å². The number of phenols is 4. The molecule has 0 amide bonds. The Morgan fingerprint density at radius 1 is 0.597 bits per heavy atom. The number of phenolic OH excluding ortho intramolecular Hbond substituents is 4. The minimum absolute atomic E-state index is 0.0129. The van der Waals surface area contributed by atoms with Gasteiger partial charge in [-0.05, 0) is 141 Å². The number of carbonyl (C=O) groups is 5. The van der Waals surface area contributed by atoms with E-state index >= 15 is 0 Å². The second-order valence-electron chi connectivity index (χ2n) is 25.5. The molecular formula is C60H80O12. The Balaban J connectivity index is 0.000000144. The van der Waals surface area contributed by atoms with E-state index in [1.807, 2.05) is 59.8 Å². The molecule has 2 bridgehead atoms. The molecule has 4 N–H and O–H groups in total. The Labute approximate surface area is 426 Å². The van der Waals surface area contributed by atoms with Crippen LogP contribution in [-0.4, -0.2) is 56.5 Å². The summed E-state index contributed by atoms with van der Waals surface area (Å²) in [5.41, 5.74) is 4.08. The summed E-state index contributed by atoms with van der Waals surface area (Å²) < 4.78 is 17.1. The summed E-state index contributed by atoms with van der Waals surface area (Å²) in [6, 6.07) is 3.94. The SMILES string of the molecule is CC(C)C1=CC2=C(C(=O)C1=O)[C@@]1(OC=O)CCCC(C)(C)[C@@H]1CC2.CC(C)c1cc2c(c(O)c1O)[C@@]1(OC=O)CCCC(C)(C)[C@@H]1CC2.CC(C)c1cc2c(c(O)c1O)[C@@]13CCCC(C)(C)[C@@H]1C[C@@H]2OC3=O. The van der Waals surface area contributed by atoms with Crippen LogP contribution in [0.15, 0.2) is 34.9 Å². The lowest BCUT2D eigenvalue weighted by Gasteiger charge is -2.58. The molecule has 72 heavy (non-hydrogen) atoms. The van der Waals surface area contributed by atoms with E-state index < -0.39 is 28.2 Å². The van der Waals surface area contributed by atoms with Gasteiger partial charge in [0, 0.05) is 45.2 Å². The zero-order chi connectivity index (χ0) is 52.8. The Kier molecular flexibility index (Phi) is 13.8. The molecule has 2 aromatic rings. The van der Waals surface area contributed by atoms with Crippen LogP contribution in [0.3, 0.4) is 0 Å². The number of esters is 1. The molecule has 7 aliphatic carbocycles. The molecule has 3 saturated carbocycles. The number of Topliss-reactive ketones (excluding diaryl/α,β-unsaturated/α-hetero) is 2. The molecule has 9 aliphatic rings. The molecule has 2 heterocycles. The first-order valence-corrected chi connectivity index (χ1v) is 26.8. The monoisotopic (exact) mass is 993 g/mol. The van der Waals surface area contributed by atoms with Gasteiger partial charge < -0.3 is 34.6 Å². The highest BCUT2D eigenvalue weighted by atomic mass is 16.6. The number of benzene rings is 2. The largest absolute Gasteiger partial charge is 0.504 e. The fraction of sp³-hybridized carbons (Fsp3) is 0.650. The fourth-order valence-electron chi connectivity index (χ4n) is 15.8. The lowest BCUT2D eigenvalue weighted by molar-refractivity contribution is -0.185. The lowest BCUT2D eigenvalue weighted by Crippen LogP contribution is -2.59. The molecule has 7 atom stereocenters. The van der Waals surface area contributed by atoms with E-state index in [1.54, 1.807) is 0 Å². The number of fused-ring (bicyclic) bond motifs is 6. The van der Waals surface area contributed by atoms with Gasteiger partial charge in [0.1, 0.15) is 22.7 Å². The van der Waals surface area contributed by atoms with Crippen LogP contribution in [0.2, 0.25) is 0 Å². The maximum Gasteiger partial charge on any atom is 0.317 e. The Morgan fingerprint density at radius 3 is 1.67 bits per heavy atom. The molecule has 12 nitrogen and oxygen atoms in total. The van der Waals surface area contributed by atoms with Crippen molar-refractivity contribution in [3.8, 4) is 23.0 Å². The number of hydrogen-bond donors (Lipinski definition) is 4. The highest BCUT2D eigenvalue weighted by molar-refractivity contribution is 6.50. The highest BCUT2D eigenvalue weighted by Gasteiger charge is 2.65. The number of aryl methyl sites for hydroxylation is 1. The van der Waals surface area contributed by atoms with Crippen molar-refractivity contribution in [1.82, 2.24) is 0 Å². The maximum absolute atomic E-state index is 13.0. The third kappa shape index (κ3) is 8.09. The van der Waals surface area contributed by atoms with E-state index in [4.69, 9.17) is 14.2 Å². The van der Waals surface area contributed by atoms with E-state index in [-0.39, 0.29) is 86.8 Å². The standard InChI is InChI=1S/C20H26O4.C20H28O4.C20H26O4/c1-10(2)11-8-12-13-9-14-19(3,4)6-5-7-20(14,18(23)24-13)15(12)17(22)16(11)21;2*1-12(2)14-10-13-6-7-15-19(3,4)8-5-9-20(15,24-11-21)16(13)18(23)17(14)22/h8,10,13-14,21-22H,5-7,9H2,1-4H3;10-12,15,22-23H,5-9H2,1-4H3;10-12,15H,5-9H2,1-4H3/t13-,14-,20+;2*15-,20+/m000/s1. The van der Waals surface area contributed by atoms with Crippen LogP contribution in [-0.2, 0) is 55.6 Å². The predicted octanol–water partition coefficient (Wildman–Crippen LogP) is 12.2. The zero-order valence-electron chi connectivity index (χ0n) is 44.9. The van der Waals surface area contributed by atoms with E-state index in [2.05, 4.69) is 41.5 Å². The quantitative estimate of drug-likeness (QED) is 0.0513. The van der Waals surface area contributed by atoms with Crippen molar-refractivity contribution in [1.29, 1.82) is 0 Å². The van der Waals surface area contributed by atoms with Crippen LogP contribution in [0, 0.1) is 39.9 Å². The predicted molar refractivity (Wildman–Crippen MR) is 272 cm³/mol. The third-order valence-corrected chi connectivity index (χ3v) is 19.2. The Bertz CT molecular complexity index is 2630. The van der Waals surface area contributed by atoms with Gasteiger partial charge >= 0.3 is 5.97 Å². The number of ether oxygens (including phenoxy) is 3. The average Bonchev–Trinajstić information content (AvgIpc) is 3.29. The molecule has 12 heteroatoms. The van der Waals surface area contributed by atoms with Crippen molar-refractivity contribution >= 4 is 30.5 Å². The Morgan fingerprint density at radius 2 is 1.10 bits per heavy atom. The number of rotatable bonds is 7. The van der Waals surface area contributed by atoms with E-state index in [0.717, 1.165) is 98.5 Å². The van der Waals surface area contributed by atoms with Crippen LogP contribution >= 0.6 is 0 Å². The second kappa shape index (κ2) is 18.7. The van der Waals surface area contributed by atoms with E-state index in [0.29, 0.717) is 54.5 Å². The number of ketones is 2. The molecule has 1 spiro atoms. The first-order valence-electron chi connectivity index (χ1n) is 26.8. The average molecular weight is 993 g/mol. The van der Waals surface area contributed by atoms with Gasteiger partial charge in [0.05, 0.1) is 5.57 Å². The molecule has 1 saturated heterocycles.